The van der Waals surface area contributed by atoms with E-state index in [1.54, 1.807) is 0 Å². The van der Waals surface area contributed by atoms with Gasteiger partial charge < -0.3 is 9.84 Å². The summed E-state index contributed by atoms with van der Waals surface area (Å²) in [5.74, 6) is -0.168. The van der Waals surface area contributed by atoms with Crippen molar-refractivity contribution >= 4 is 5.65 Å². The van der Waals surface area contributed by atoms with Crippen LogP contribution in [0.5, 0.6) is 0 Å². The molecule has 0 saturated heterocycles. The molecule has 33 heavy (non-hydrogen) atoms. The van der Waals surface area contributed by atoms with Crippen molar-refractivity contribution < 1.29 is 30.9 Å². The Balaban J connectivity index is 1.51. The van der Waals surface area contributed by atoms with Crippen LogP contribution in [0.2, 0.25) is 0 Å². The van der Waals surface area contributed by atoms with E-state index < -0.39 is 23.7 Å². The van der Waals surface area contributed by atoms with Crippen molar-refractivity contribution in [2.45, 2.75) is 38.8 Å². The van der Waals surface area contributed by atoms with Crippen LogP contribution < -0.4 is 5.32 Å². The zero-order valence-corrected chi connectivity index (χ0v) is 16.8. The first-order chi connectivity index (χ1) is 15.5. The Labute approximate surface area is 180 Å². The van der Waals surface area contributed by atoms with Gasteiger partial charge in [-0.2, -0.15) is 41.5 Å². The van der Waals surface area contributed by atoms with Crippen molar-refractivity contribution in [3.63, 3.8) is 0 Å². The quantitative estimate of drug-likeness (QED) is 0.458. The second-order valence-electron chi connectivity index (χ2n) is 7.44. The molecule has 0 fully saturated rings. The van der Waals surface area contributed by atoms with Gasteiger partial charge >= 0.3 is 12.4 Å². The standard InChI is InChI=1S/C18H14F6N8O/c1-8-4-12(17(19,20)21)32-16(27-8)10(5-26-32)15-28-13(33-30-15)7-31-11-6-25-3-2-9(11)14(29-31)18(22,23)24/h4-5,25H,2-3,6-7H2,1H3. The molecule has 4 aromatic heterocycles. The lowest BCUT2D eigenvalue weighted by molar-refractivity contribution is -0.143. The van der Waals surface area contributed by atoms with E-state index in [1.807, 2.05) is 0 Å². The number of fused-ring (bicyclic) bond motifs is 2. The number of hydrogen-bond donors (Lipinski definition) is 1. The second-order valence-corrected chi connectivity index (χ2v) is 7.44. The minimum absolute atomic E-state index is 0.0716. The third-order valence-electron chi connectivity index (χ3n) is 5.16. The first-order valence-electron chi connectivity index (χ1n) is 9.64. The summed E-state index contributed by atoms with van der Waals surface area (Å²) in [7, 11) is 0. The van der Waals surface area contributed by atoms with Crippen molar-refractivity contribution in [1.29, 1.82) is 0 Å². The average molecular weight is 472 g/mol. The van der Waals surface area contributed by atoms with Gasteiger partial charge in [0.15, 0.2) is 11.3 Å². The van der Waals surface area contributed by atoms with Crippen LogP contribution in [-0.2, 0) is 31.9 Å². The van der Waals surface area contributed by atoms with Crippen molar-refractivity contribution in [2.24, 2.45) is 0 Å². The summed E-state index contributed by atoms with van der Waals surface area (Å²) in [5.41, 5.74) is -1.44. The molecule has 0 atom stereocenters. The molecule has 1 aliphatic heterocycles. The number of hydrogen-bond acceptors (Lipinski definition) is 7. The molecule has 1 aliphatic rings. The molecule has 5 heterocycles. The number of nitrogens with one attached hydrogen (secondary N) is 1. The molecule has 0 aliphatic carbocycles. The molecule has 174 valence electrons. The third kappa shape index (κ3) is 3.71. The topological polar surface area (TPSA) is 99.0 Å². The molecule has 0 saturated carbocycles. The minimum atomic E-state index is -4.67. The summed E-state index contributed by atoms with van der Waals surface area (Å²) in [6.07, 6.45) is -7.98. The normalized spacial score (nSPS) is 14.8. The first kappa shape index (κ1) is 21.4. The van der Waals surface area contributed by atoms with Crippen molar-refractivity contribution in [1.82, 2.24) is 39.8 Å². The lowest BCUT2D eigenvalue weighted by Crippen LogP contribution is -2.26. The fraction of sp³-hybridized carbons (Fsp3) is 0.389. The zero-order chi connectivity index (χ0) is 23.5. The molecule has 15 heteroatoms. The molecular formula is C18H14F6N8O. The van der Waals surface area contributed by atoms with Crippen molar-refractivity contribution in [2.75, 3.05) is 6.54 Å². The van der Waals surface area contributed by atoms with Crippen molar-refractivity contribution in [3.05, 3.63) is 46.5 Å². The van der Waals surface area contributed by atoms with E-state index in [2.05, 4.69) is 30.6 Å². The number of nitrogens with zero attached hydrogens (tertiary/aromatic N) is 7. The first-order valence-corrected chi connectivity index (χ1v) is 9.64. The molecule has 0 spiro atoms. The number of aromatic nitrogens is 7. The Hall–Kier alpha value is -3.49. The molecule has 0 radical (unpaired) electrons. The maximum Gasteiger partial charge on any atom is 0.435 e. The molecule has 5 rings (SSSR count). The van der Waals surface area contributed by atoms with Crippen LogP contribution in [0.25, 0.3) is 17.0 Å². The summed E-state index contributed by atoms with van der Waals surface area (Å²) >= 11 is 0. The van der Waals surface area contributed by atoms with Gasteiger partial charge in [0, 0.05) is 17.8 Å². The van der Waals surface area contributed by atoms with Crippen LogP contribution in [0, 0.1) is 6.92 Å². The van der Waals surface area contributed by atoms with Gasteiger partial charge in [-0.05, 0) is 26.0 Å². The summed E-state index contributed by atoms with van der Waals surface area (Å²) < 4.78 is 87.1. The van der Waals surface area contributed by atoms with Gasteiger partial charge in [-0.15, -0.1) is 0 Å². The number of halogens is 6. The Kier molecular flexibility index (Phi) is 4.70. The van der Waals surface area contributed by atoms with Crippen LogP contribution in [0.1, 0.15) is 34.2 Å². The van der Waals surface area contributed by atoms with Gasteiger partial charge in [0.05, 0.1) is 17.5 Å². The summed E-state index contributed by atoms with van der Waals surface area (Å²) in [6, 6.07) is 0.860. The number of alkyl halides is 6. The van der Waals surface area contributed by atoms with Gasteiger partial charge in [-0.3, -0.25) is 4.68 Å². The second kappa shape index (κ2) is 7.26. The SMILES string of the molecule is Cc1cc(C(F)(F)F)n2ncc(-c3noc(Cn4nc(C(F)(F)F)c5c4CNCC5)n3)c2n1. The lowest BCUT2D eigenvalue weighted by Gasteiger charge is -2.15. The maximum atomic E-state index is 13.4. The van der Waals surface area contributed by atoms with E-state index in [9.17, 15) is 26.3 Å². The molecule has 0 amide bonds. The molecule has 1 N–H and O–H groups in total. The summed E-state index contributed by atoms with van der Waals surface area (Å²) in [5, 5.41) is 14.2. The van der Waals surface area contributed by atoms with Crippen molar-refractivity contribution in [3.8, 4) is 11.4 Å². The predicted molar refractivity (Wildman–Crippen MR) is 97.8 cm³/mol. The average Bonchev–Trinajstić information content (AvgIpc) is 3.44. The Morgan fingerprint density at radius 2 is 1.91 bits per heavy atom. The maximum absolute atomic E-state index is 13.4. The van der Waals surface area contributed by atoms with E-state index in [-0.39, 0.29) is 53.7 Å². The number of rotatable bonds is 3. The van der Waals surface area contributed by atoms with Crippen LogP contribution in [0.15, 0.2) is 16.8 Å². The van der Waals surface area contributed by atoms with Gasteiger partial charge in [-0.25, -0.2) is 9.50 Å². The fourth-order valence-corrected chi connectivity index (χ4v) is 3.77. The van der Waals surface area contributed by atoms with E-state index in [0.717, 1.165) is 16.9 Å². The van der Waals surface area contributed by atoms with Crippen LogP contribution in [0.4, 0.5) is 26.3 Å². The third-order valence-corrected chi connectivity index (χ3v) is 5.16. The largest absolute Gasteiger partial charge is 0.435 e. The van der Waals surface area contributed by atoms with E-state index in [4.69, 9.17) is 4.52 Å². The van der Waals surface area contributed by atoms with Gasteiger partial charge in [0.25, 0.3) is 0 Å². The van der Waals surface area contributed by atoms with Gasteiger partial charge in [0.2, 0.25) is 11.7 Å². The molecule has 0 aromatic carbocycles. The molecule has 0 bridgehead atoms. The smallest absolute Gasteiger partial charge is 0.337 e. The molecule has 0 unspecified atom stereocenters. The van der Waals surface area contributed by atoms with E-state index in [1.165, 1.54) is 6.92 Å². The highest BCUT2D eigenvalue weighted by Gasteiger charge is 2.40. The van der Waals surface area contributed by atoms with Gasteiger partial charge in [-0.1, -0.05) is 5.16 Å². The Bertz CT molecular complexity index is 1350. The van der Waals surface area contributed by atoms with E-state index in [0.29, 0.717) is 16.8 Å². The van der Waals surface area contributed by atoms with Crippen LogP contribution in [0.3, 0.4) is 0 Å². The molecular weight excluding hydrogens is 458 g/mol. The Morgan fingerprint density at radius 3 is 2.64 bits per heavy atom. The zero-order valence-electron chi connectivity index (χ0n) is 16.8. The molecule has 4 aromatic rings. The van der Waals surface area contributed by atoms with Crippen LogP contribution in [-0.4, -0.2) is 41.1 Å². The summed E-state index contributed by atoms with van der Waals surface area (Å²) in [6.45, 7) is 1.75. The van der Waals surface area contributed by atoms with Gasteiger partial charge in [0.1, 0.15) is 12.2 Å². The Morgan fingerprint density at radius 1 is 1.12 bits per heavy atom. The lowest BCUT2D eigenvalue weighted by atomic mass is 10.1. The molecule has 9 nitrogen and oxygen atoms in total. The highest BCUT2D eigenvalue weighted by Crippen LogP contribution is 2.34. The monoisotopic (exact) mass is 472 g/mol. The van der Waals surface area contributed by atoms with Crippen LogP contribution >= 0.6 is 0 Å². The fourth-order valence-electron chi connectivity index (χ4n) is 3.77. The van der Waals surface area contributed by atoms with E-state index >= 15 is 0 Å². The summed E-state index contributed by atoms with van der Waals surface area (Å²) in [4.78, 5) is 8.22. The predicted octanol–water partition coefficient (Wildman–Crippen LogP) is 3.02. The minimum Gasteiger partial charge on any atom is -0.337 e. The highest BCUT2D eigenvalue weighted by atomic mass is 19.4. The highest BCUT2D eigenvalue weighted by molar-refractivity contribution is 5.72. The number of aryl methyl sites for hydroxylation is 1.